The Kier molecular flexibility index (Phi) is 5.25. The molecule has 2 N–H and O–H groups in total. The van der Waals surface area contributed by atoms with E-state index in [0.29, 0.717) is 23.7 Å². The van der Waals surface area contributed by atoms with Crippen LogP contribution in [0.2, 0.25) is 5.02 Å². The molecule has 1 amide bonds. The van der Waals surface area contributed by atoms with E-state index < -0.39 is 0 Å². The Morgan fingerprint density at radius 3 is 2.84 bits per heavy atom. The summed E-state index contributed by atoms with van der Waals surface area (Å²) >= 11 is 6.06. The van der Waals surface area contributed by atoms with Crippen molar-refractivity contribution in [1.82, 2.24) is 30.5 Å². The van der Waals surface area contributed by atoms with Crippen molar-refractivity contribution in [2.24, 2.45) is 0 Å². The van der Waals surface area contributed by atoms with Crippen LogP contribution in [0.25, 0.3) is 21.8 Å². The first-order valence-corrected chi connectivity index (χ1v) is 10.5. The average molecular weight is 443 g/mol. The molecule has 7 nitrogen and oxygen atoms in total. The Morgan fingerprint density at radius 2 is 1.94 bits per heavy atom. The summed E-state index contributed by atoms with van der Waals surface area (Å²) in [6.07, 6.45) is 5.31. The van der Waals surface area contributed by atoms with Gasteiger partial charge in [-0.1, -0.05) is 29.3 Å². The van der Waals surface area contributed by atoms with Gasteiger partial charge in [-0.15, -0.1) is 0 Å². The fraction of sp³-hybridized carbons (Fsp3) is 0.125. The standard InChI is InChI=1S/C24H19ClN6O/c1-14-2-4-21-19(6-14)22(31-30-21)13-28-24(32)23-12-26-11-18(29-23)8-15-3-5-20-16(7-15)9-17(25)10-27-20/h2-7,9-12H,8,13H2,1H3,(H,28,32)(H,30,31). The van der Waals surface area contributed by atoms with Crippen LogP contribution in [-0.4, -0.2) is 31.1 Å². The summed E-state index contributed by atoms with van der Waals surface area (Å²) in [5.74, 6) is -0.288. The molecule has 5 rings (SSSR count). The minimum atomic E-state index is -0.288. The quantitative estimate of drug-likeness (QED) is 0.421. The van der Waals surface area contributed by atoms with Gasteiger partial charge in [0.05, 0.1) is 40.2 Å². The Balaban J connectivity index is 1.31. The zero-order valence-corrected chi connectivity index (χ0v) is 18.0. The first-order chi connectivity index (χ1) is 15.5. The number of pyridine rings is 1. The first kappa shape index (κ1) is 20.1. The van der Waals surface area contributed by atoms with Gasteiger partial charge in [-0.05, 0) is 42.8 Å². The van der Waals surface area contributed by atoms with Crippen LogP contribution in [0, 0.1) is 6.92 Å². The number of aromatic nitrogens is 5. The zero-order chi connectivity index (χ0) is 22.1. The third-order valence-electron chi connectivity index (χ3n) is 5.23. The molecule has 0 bridgehead atoms. The number of nitrogens with one attached hydrogen (secondary N) is 2. The third kappa shape index (κ3) is 4.15. The van der Waals surface area contributed by atoms with Gasteiger partial charge < -0.3 is 5.32 Å². The molecule has 0 saturated carbocycles. The van der Waals surface area contributed by atoms with Gasteiger partial charge >= 0.3 is 0 Å². The van der Waals surface area contributed by atoms with Gasteiger partial charge in [-0.25, -0.2) is 4.98 Å². The van der Waals surface area contributed by atoms with E-state index in [0.717, 1.165) is 38.6 Å². The van der Waals surface area contributed by atoms with Crippen molar-refractivity contribution in [3.05, 3.63) is 94.3 Å². The first-order valence-electron chi connectivity index (χ1n) is 10.1. The van der Waals surface area contributed by atoms with E-state index in [1.165, 1.54) is 6.20 Å². The summed E-state index contributed by atoms with van der Waals surface area (Å²) in [7, 11) is 0. The number of halogens is 1. The van der Waals surface area contributed by atoms with Gasteiger partial charge in [0.1, 0.15) is 5.69 Å². The maximum absolute atomic E-state index is 12.7. The Morgan fingerprint density at radius 1 is 1.06 bits per heavy atom. The highest BCUT2D eigenvalue weighted by atomic mass is 35.5. The number of carbonyl (C=O) groups excluding carboxylic acids is 1. The van der Waals surface area contributed by atoms with Gasteiger partial charge in [0, 0.05) is 29.6 Å². The molecule has 0 aliphatic rings. The van der Waals surface area contributed by atoms with Crippen LogP contribution in [0.1, 0.15) is 33.0 Å². The van der Waals surface area contributed by atoms with E-state index >= 15 is 0 Å². The molecule has 3 heterocycles. The summed E-state index contributed by atoms with van der Waals surface area (Å²) in [5, 5.41) is 12.7. The highest BCUT2D eigenvalue weighted by Crippen LogP contribution is 2.20. The number of H-pyrrole nitrogens is 1. The number of hydrogen-bond acceptors (Lipinski definition) is 5. The molecule has 0 radical (unpaired) electrons. The number of carbonyl (C=O) groups is 1. The molecular formula is C24H19ClN6O. The van der Waals surface area contributed by atoms with Crippen LogP contribution in [-0.2, 0) is 13.0 Å². The predicted octanol–water partition coefficient (Wildman–Crippen LogP) is 4.38. The van der Waals surface area contributed by atoms with Crippen LogP contribution < -0.4 is 5.32 Å². The van der Waals surface area contributed by atoms with Gasteiger partial charge in [0.25, 0.3) is 5.91 Å². The molecule has 0 saturated heterocycles. The second-order valence-electron chi connectivity index (χ2n) is 7.66. The summed E-state index contributed by atoms with van der Waals surface area (Å²) < 4.78 is 0. The number of aryl methyl sites for hydroxylation is 1. The SMILES string of the molecule is Cc1ccc2n[nH]c(CNC(=O)c3cncc(Cc4ccc5ncc(Cl)cc5c4)n3)c2c1. The van der Waals surface area contributed by atoms with Crippen LogP contribution in [0.15, 0.2) is 61.1 Å². The van der Waals surface area contributed by atoms with E-state index in [-0.39, 0.29) is 11.6 Å². The number of rotatable bonds is 5. The third-order valence-corrected chi connectivity index (χ3v) is 5.44. The van der Waals surface area contributed by atoms with Crippen LogP contribution in [0.3, 0.4) is 0 Å². The number of aromatic amines is 1. The molecule has 8 heteroatoms. The average Bonchev–Trinajstić information content (AvgIpc) is 3.19. The van der Waals surface area contributed by atoms with Crippen molar-refractivity contribution < 1.29 is 4.79 Å². The van der Waals surface area contributed by atoms with E-state index in [2.05, 4.69) is 30.5 Å². The summed E-state index contributed by atoms with van der Waals surface area (Å²) in [6.45, 7) is 2.35. The monoisotopic (exact) mass is 442 g/mol. The molecule has 5 aromatic rings. The topological polar surface area (TPSA) is 96.5 Å². The smallest absolute Gasteiger partial charge is 0.271 e. The van der Waals surface area contributed by atoms with Gasteiger partial charge in [0.15, 0.2) is 0 Å². The van der Waals surface area contributed by atoms with E-state index in [1.807, 2.05) is 49.4 Å². The minimum Gasteiger partial charge on any atom is -0.345 e. The second kappa shape index (κ2) is 8.36. The summed E-state index contributed by atoms with van der Waals surface area (Å²) in [5.41, 5.74) is 5.74. The fourth-order valence-electron chi connectivity index (χ4n) is 3.65. The molecule has 0 fully saturated rings. The Labute approximate surface area is 188 Å². The van der Waals surface area contributed by atoms with E-state index in [4.69, 9.17) is 11.6 Å². The molecule has 0 unspecified atom stereocenters. The molecule has 0 atom stereocenters. The normalized spacial score (nSPS) is 11.2. The van der Waals surface area contributed by atoms with E-state index in [1.54, 1.807) is 12.4 Å². The maximum Gasteiger partial charge on any atom is 0.271 e. The molecule has 2 aromatic carbocycles. The largest absolute Gasteiger partial charge is 0.345 e. The molecule has 158 valence electrons. The molecule has 3 aromatic heterocycles. The van der Waals surface area contributed by atoms with Crippen molar-refractivity contribution >= 4 is 39.3 Å². The van der Waals surface area contributed by atoms with Gasteiger partial charge in [0.2, 0.25) is 0 Å². The lowest BCUT2D eigenvalue weighted by molar-refractivity contribution is 0.0945. The lowest BCUT2D eigenvalue weighted by atomic mass is 10.1. The number of nitrogens with zero attached hydrogens (tertiary/aromatic N) is 4. The summed E-state index contributed by atoms with van der Waals surface area (Å²) in [6, 6.07) is 13.8. The minimum absolute atomic E-state index is 0.271. The van der Waals surface area contributed by atoms with Crippen LogP contribution >= 0.6 is 11.6 Å². The highest BCUT2D eigenvalue weighted by molar-refractivity contribution is 6.31. The lowest BCUT2D eigenvalue weighted by Gasteiger charge is -2.07. The second-order valence-corrected chi connectivity index (χ2v) is 8.09. The molecule has 0 aliphatic heterocycles. The van der Waals surface area contributed by atoms with E-state index in [9.17, 15) is 4.79 Å². The Hall–Kier alpha value is -3.84. The Bertz CT molecular complexity index is 1460. The highest BCUT2D eigenvalue weighted by Gasteiger charge is 2.12. The molecular weight excluding hydrogens is 424 g/mol. The maximum atomic E-state index is 12.7. The van der Waals surface area contributed by atoms with Gasteiger partial charge in [-0.2, -0.15) is 5.10 Å². The van der Waals surface area contributed by atoms with Crippen molar-refractivity contribution in [1.29, 1.82) is 0 Å². The van der Waals surface area contributed by atoms with Crippen molar-refractivity contribution in [3.63, 3.8) is 0 Å². The van der Waals surface area contributed by atoms with Crippen LogP contribution in [0.4, 0.5) is 0 Å². The fourth-order valence-corrected chi connectivity index (χ4v) is 3.81. The van der Waals surface area contributed by atoms with Crippen molar-refractivity contribution in [2.75, 3.05) is 0 Å². The predicted molar refractivity (Wildman–Crippen MR) is 124 cm³/mol. The lowest BCUT2D eigenvalue weighted by Crippen LogP contribution is -2.24. The number of hydrogen-bond donors (Lipinski definition) is 2. The molecule has 32 heavy (non-hydrogen) atoms. The zero-order valence-electron chi connectivity index (χ0n) is 17.3. The van der Waals surface area contributed by atoms with Crippen LogP contribution in [0.5, 0.6) is 0 Å². The van der Waals surface area contributed by atoms with Crippen molar-refractivity contribution in [2.45, 2.75) is 19.9 Å². The molecule has 0 spiro atoms. The van der Waals surface area contributed by atoms with Crippen molar-refractivity contribution in [3.8, 4) is 0 Å². The summed E-state index contributed by atoms with van der Waals surface area (Å²) in [4.78, 5) is 25.7. The number of amides is 1. The number of fused-ring (bicyclic) bond motifs is 2. The number of benzene rings is 2. The van der Waals surface area contributed by atoms with Gasteiger partial charge in [-0.3, -0.25) is 19.9 Å². The molecule has 0 aliphatic carbocycles.